The summed E-state index contributed by atoms with van der Waals surface area (Å²) in [6.45, 7) is 0. The first-order valence-electron chi connectivity index (χ1n) is 6.40. The van der Waals surface area contributed by atoms with E-state index in [1.165, 1.54) is 0 Å². The van der Waals surface area contributed by atoms with Gasteiger partial charge < -0.3 is 9.47 Å². The molecule has 0 spiro atoms. The highest BCUT2D eigenvalue weighted by Crippen LogP contribution is 2.39. The van der Waals surface area contributed by atoms with Crippen molar-refractivity contribution in [3.05, 3.63) is 54.7 Å². The van der Waals surface area contributed by atoms with Crippen LogP contribution in [0.2, 0.25) is 0 Å². The predicted octanol–water partition coefficient (Wildman–Crippen LogP) is 3.92. The van der Waals surface area contributed by atoms with Gasteiger partial charge in [-0.2, -0.15) is 0 Å². The van der Waals surface area contributed by atoms with E-state index in [0.29, 0.717) is 5.75 Å². The first kappa shape index (κ1) is 12.5. The summed E-state index contributed by atoms with van der Waals surface area (Å²) in [6.07, 6.45) is 1.82. The largest absolute Gasteiger partial charge is 0.493 e. The minimum absolute atomic E-state index is 0.713. The van der Waals surface area contributed by atoms with Gasteiger partial charge >= 0.3 is 0 Å². The van der Waals surface area contributed by atoms with Gasteiger partial charge in [0, 0.05) is 11.8 Å². The lowest BCUT2D eigenvalue weighted by Crippen LogP contribution is -1.94. The Morgan fingerprint density at radius 1 is 0.850 bits per heavy atom. The molecule has 1 heterocycles. The standard InChI is InChI=1S/C17H15NO2/c1-19-14-9-8-12-10-11-18-16(15(12)17(14)20-2)13-6-4-3-5-7-13/h3-11H,1-2H3. The average molecular weight is 265 g/mol. The van der Waals surface area contributed by atoms with Gasteiger partial charge in [-0.05, 0) is 17.5 Å². The second-order valence-electron chi connectivity index (χ2n) is 4.42. The summed E-state index contributed by atoms with van der Waals surface area (Å²) in [6, 6.07) is 16.0. The van der Waals surface area contributed by atoms with Crippen LogP contribution in [-0.4, -0.2) is 19.2 Å². The van der Waals surface area contributed by atoms with Crippen LogP contribution in [0, 0.1) is 0 Å². The van der Waals surface area contributed by atoms with Crippen molar-refractivity contribution < 1.29 is 9.47 Å². The lowest BCUT2D eigenvalue weighted by Gasteiger charge is -2.13. The molecule has 0 atom stereocenters. The van der Waals surface area contributed by atoms with Crippen LogP contribution in [0.4, 0.5) is 0 Å². The van der Waals surface area contributed by atoms with E-state index in [1.807, 2.05) is 54.7 Å². The fraction of sp³-hybridized carbons (Fsp3) is 0.118. The Balaban J connectivity index is 2.38. The fourth-order valence-corrected chi connectivity index (χ4v) is 2.40. The highest BCUT2D eigenvalue weighted by Gasteiger charge is 2.14. The van der Waals surface area contributed by atoms with Gasteiger partial charge in [0.15, 0.2) is 11.5 Å². The zero-order chi connectivity index (χ0) is 13.9. The quantitative estimate of drug-likeness (QED) is 0.719. The van der Waals surface area contributed by atoms with Crippen molar-refractivity contribution in [3.63, 3.8) is 0 Å². The summed E-state index contributed by atoms with van der Waals surface area (Å²) in [5, 5.41) is 2.05. The lowest BCUT2D eigenvalue weighted by molar-refractivity contribution is 0.358. The van der Waals surface area contributed by atoms with Gasteiger partial charge in [-0.3, -0.25) is 4.98 Å². The summed E-state index contributed by atoms with van der Waals surface area (Å²) in [5.41, 5.74) is 1.96. The maximum absolute atomic E-state index is 5.55. The van der Waals surface area contributed by atoms with Gasteiger partial charge in [0.2, 0.25) is 0 Å². The molecule has 3 rings (SSSR count). The molecule has 0 saturated heterocycles. The molecule has 0 unspecified atom stereocenters. The van der Waals surface area contributed by atoms with Crippen LogP contribution in [0.3, 0.4) is 0 Å². The predicted molar refractivity (Wildman–Crippen MR) is 80.3 cm³/mol. The number of nitrogens with zero attached hydrogens (tertiary/aromatic N) is 1. The van der Waals surface area contributed by atoms with Crippen molar-refractivity contribution in [2.24, 2.45) is 0 Å². The third kappa shape index (κ3) is 1.97. The van der Waals surface area contributed by atoms with Gasteiger partial charge in [0.1, 0.15) is 0 Å². The van der Waals surface area contributed by atoms with Crippen LogP contribution in [0.15, 0.2) is 54.7 Å². The van der Waals surface area contributed by atoms with Crippen molar-refractivity contribution in [1.82, 2.24) is 4.98 Å². The molecule has 20 heavy (non-hydrogen) atoms. The molecule has 0 aliphatic heterocycles. The van der Waals surface area contributed by atoms with Gasteiger partial charge in [0.25, 0.3) is 0 Å². The zero-order valence-corrected chi connectivity index (χ0v) is 11.5. The molecule has 0 saturated carbocycles. The summed E-state index contributed by atoms with van der Waals surface area (Å²) >= 11 is 0. The number of ether oxygens (including phenoxy) is 2. The molecule has 0 N–H and O–H groups in total. The van der Waals surface area contributed by atoms with Crippen LogP contribution < -0.4 is 9.47 Å². The Morgan fingerprint density at radius 2 is 1.65 bits per heavy atom. The van der Waals surface area contributed by atoms with E-state index in [-0.39, 0.29) is 0 Å². The molecule has 3 heteroatoms. The maximum atomic E-state index is 5.55. The molecule has 0 fully saturated rings. The first-order valence-corrected chi connectivity index (χ1v) is 6.40. The third-order valence-corrected chi connectivity index (χ3v) is 3.32. The minimum atomic E-state index is 0.713. The van der Waals surface area contributed by atoms with Crippen LogP contribution in [0.1, 0.15) is 0 Å². The number of hydrogen-bond donors (Lipinski definition) is 0. The summed E-state index contributed by atoms with van der Waals surface area (Å²) in [4.78, 5) is 4.53. The molecule has 3 aromatic rings. The molecular weight excluding hydrogens is 250 g/mol. The van der Waals surface area contributed by atoms with E-state index in [0.717, 1.165) is 27.8 Å². The number of rotatable bonds is 3. The number of hydrogen-bond acceptors (Lipinski definition) is 3. The summed E-state index contributed by atoms with van der Waals surface area (Å²) in [5.74, 6) is 1.43. The highest BCUT2D eigenvalue weighted by molar-refractivity contribution is 6.00. The molecular formula is C17H15NO2. The van der Waals surface area contributed by atoms with E-state index in [2.05, 4.69) is 4.98 Å². The van der Waals surface area contributed by atoms with E-state index in [1.54, 1.807) is 14.2 Å². The Morgan fingerprint density at radius 3 is 2.35 bits per heavy atom. The van der Waals surface area contributed by atoms with Gasteiger partial charge in [-0.25, -0.2) is 0 Å². The minimum Gasteiger partial charge on any atom is -0.493 e. The van der Waals surface area contributed by atoms with Crippen molar-refractivity contribution in [3.8, 4) is 22.8 Å². The van der Waals surface area contributed by atoms with Gasteiger partial charge in [0.05, 0.1) is 25.3 Å². The summed E-state index contributed by atoms with van der Waals surface area (Å²) in [7, 11) is 3.29. The van der Waals surface area contributed by atoms with Crippen LogP contribution in [0.25, 0.3) is 22.0 Å². The SMILES string of the molecule is COc1ccc2ccnc(-c3ccccc3)c2c1OC. The van der Waals surface area contributed by atoms with E-state index in [9.17, 15) is 0 Å². The smallest absolute Gasteiger partial charge is 0.170 e. The Kier molecular flexibility index (Phi) is 3.25. The number of methoxy groups -OCH3 is 2. The molecule has 0 amide bonds. The highest BCUT2D eigenvalue weighted by atomic mass is 16.5. The average Bonchev–Trinajstić information content (AvgIpc) is 2.53. The van der Waals surface area contributed by atoms with Gasteiger partial charge in [-0.1, -0.05) is 36.4 Å². The van der Waals surface area contributed by atoms with Crippen LogP contribution in [0.5, 0.6) is 11.5 Å². The Labute approximate surface area is 117 Å². The fourth-order valence-electron chi connectivity index (χ4n) is 2.40. The normalized spacial score (nSPS) is 10.5. The summed E-state index contributed by atoms with van der Waals surface area (Å²) < 4.78 is 10.9. The van der Waals surface area contributed by atoms with E-state index in [4.69, 9.17) is 9.47 Å². The molecule has 1 aromatic heterocycles. The second-order valence-corrected chi connectivity index (χ2v) is 4.42. The maximum Gasteiger partial charge on any atom is 0.170 e. The van der Waals surface area contributed by atoms with E-state index < -0.39 is 0 Å². The number of fused-ring (bicyclic) bond motifs is 1. The molecule has 0 aliphatic carbocycles. The number of aromatic nitrogens is 1. The third-order valence-electron chi connectivity index (χ3n) is 3.32. The molecule has 0 bridgehead atoms. The second kappa shape index (κ2) is 5.21. The topological polar surface area (TPSA) is 31.4 Å². The Bertz CT molecular complexity index is 739. The molecule has 0 aliphatic rings. The van der Waals surface area contributed by atoms with Crippen molar-refractivity contribution in [2.75, 3.05) is 14.2 Å². The lowest BCUT2D eigenvalue weighted by atomic mass is 10.0. The molecule has 2 aromatic carbocycles. The first-order chi connectivity index (χ1) is 9.85. The number of pyridine rings is 1. The van der Waals surface area contributed by atoms with Crippen molar-refractivity contribution in [2.45, 2.75) is 0 Å². The van der Waals surface area contributed by atoms with Crippen molar-refractivity contribution in [1.29, 1.82) is 0 Å². The van der Waals surface area contributed by atoms with E-state index >= 15 is 0 Å². The van der Waals surface area contributed by atoms with Crippen LogP contribution >= 0.6 is 0 Å². The monoisotopic (exact) mass is 265 g/mol. The van der Waals surface area contributed by atoms with Crippen molar-refractivity contribution >= 4 is 10.8 Å². The number of benzene rings is 2. The van der Waals surface area contributed by atoms with Gasteiger partial charge in [-0.15, -0.1) is 0 Å². The molecule has 0 radical (unpaired) electrons. The zero-order valence-electron chi connectivity index (χ0n) is 11.5. The molecule has 100 valence electrons. The Hall–Kier alpha value is -2.55. The molecule has 3 nitrogen and oxygen atoms in total. The van der Waals surface area contributed by atoms with Crippen LogP contribution in [-0.2, 0) is 0 Å².